The summed E-state index contributed by atoms with van der Waals surface area (Å²) in [6.45, 7) is 2.04. The molecule has 0 saturated carbocycles. The number of anilines is 1. The van der Waals surface area contributed by atoms with Gasteiger partial charge in [0.2, 0.25) is 0 Å². The largest absolute Gasteiger partial charge is 0.369 e. The normalized spacial score (nSPS) is 11.3. The molecule has 0 spiro atoms. The number of nitro groups is 1. The first-order chi connectivity index (χ1) is 8.72. The zero-order valence-electron chi connectivity index (χ0n) is 10.5. The summed E-state index contributed by atoms with van der Waals surface area (Å²) in [5.74, 6) is 0.556. The smallest absolute Gasteiger partial charge is 0.291 e. The van der Waals surface area contributed by atoms with Crippen LogP contribution >= 0.6 is 15.9 Å². The van der Waals surface area contributed by atoms with E-state index >= 15 is 0 Å². The Bertz CT molecular complexity index is 589. The van der Waals surface area contributed by atoms with E-state index in [1.54, 1.807) is 6.92 Å². The predicted molar refractivity (Wildman–Crippen MR) is 76.1 cm³/mol. The summed E-state index contributed by atoms with van der Waals surface area (Å²) < 4.78 is 22.4. The average molecular weight is 352 g/mol. The summed E-state index contributed by atoms with van der Waals surface area (Å²) in [5.41, 5.74) is 0.416. The summed E-state index contributed by atoms with van der Waals surface area (Å²) in [6, 6.07) is 0. The highest BCUT2D eigenvalue weighted by Gasteiger charge is 2.16. The van der Waals surface area contributed by atoms with Gasteiger partial charge in [-0.15, -0.1) is 0 Å². The van der Waals surface area contributed by atoms with Crippen molar-refractivity contribution < 1.29 is 13.3 Å². The average Bonchev–Trinajstić information content (AvgIpc) is 2.28. The summed E-state index contributed by atoms with van der Waals surface area (Å²) in [5, 5.41) is 13.7. The zero-order chi connectivity index (χ0) is 14.6. The number of hydrogen-bond acceptors (Lipinski definition) is 6. The molecule has 0 radical (unpaired) electrons. The van der Waals surface area contributed by atoms with Gasteiger partial charge in [-0.3, -0.25) is 10.1 Å². The van der Waals surface area contributed by atoms with Crippen LogP contribution in [0.1, 0.15) is 12.0 Å². The van der Waals surface area contributed by atoms with E-state index in [9.17, 15) is 18.5 Å². The first-order valence-electron chi connectivity index (χ1n) is 5.43. The van der Waals surface area contributed by atoms with Gasteiger partial charge >= 0.3 is 0 Å². The van der Waals surface area contributed by atoms with Gasteiger partial charge in [0.05, 0.1) is 15.1 Å². The highest BCUT2D eigenvalue weighted by molar-refractivity contribution is 9.10. The van der Waals surface area contributed by atoms with E-state index < -0.39 is 14.8 Å². The van der Waals surface area contributed by atoms with Crippen LogP contribution in [0.4, 0.5) is 11.5 Å². The Kier molecular flexibility index (Phi) is 5.24. The monoisotopic (exact) mass is 351 g/mol. The lowest BCUT2D eigenvalue weighted by Gasteiger charge is -2.09. The molecule has 1 rings (SSSR count). The molecule has 0 aliphatic heterocycles. The molecule has 1 aromatic heterocycles. The van der Waals surface area contributed by atoms with Gasteiger partial charge in [-0.2, -0.15) is 0 Å². The molecule has 0 saturated heterocycles. The third-order valence-electron chi connectivity index (χ3n) is 2.42. The fraction of sp³-hybridized carbons (Fsp3) is 0.500. The second-order valence-corrected chi connectivity index (χ2v) is 7.15. The molecule has 9 heteroatoms. The minimum atomic E-state index is -2.98. The molecule has 1 heterocycles. The summed E-state index contributed by atoms with van der Waals surface area (Å²) >= 11 is 3.24. The number of aromatic nitrogens is 1. The molecule has 0 fully saturated rings. The van der Waals surface area contributed by atoms with Crippen LogP contribution in [-0.4, -0.2) is 36.9 Å². The Hall–Kier alpha value is -1.22. The molecule has 0 unspecified atom stereocenters. The lowest BCUT2D eigenvalue weighted by Crippen LogP contribution is -2.11. The van der Waals surface area contributed by atoms with Gasteiger partial charge in [0, 0.05) is 18.4 Å². The summed E-state index contributed by atoms with van der Waals surface area (Å²) in [6.07, 6.45) is 2.80. The maximum absolute atomic E-state index is 11.0. The van der Waals surface area contributed by atoms with Gasteiger partial charge < -0.3 is 5.32 Å². The molecule has 1 aromatic rings. The SMILES string of the molecule is Cc1c([N+](=O)[O-])cnc(NCCCS(C)(=O)=O)c1Br. The van der Waals surface area contributed by atoms with Crippen LogP contribution in [-0.2, 0) is 9.84 Å². The van der Waals surface area contributed by atoms with Crippen molar-refractivity contribution in [3.8, 4) is 0 Å². The van der Waals surface area contributed by atoms with Gasteiger partial charge in [-0.05, 0) is 29.3 Å². The van der Waals surface area contributed by atoms with Gasteiger partial charge in [-0.1, -0.05) is 0 Å². The third kappa shape index (κ3) is 4.75. The van der Waals surface area contributed by atoms with Crippen LogP contribution in [0.25, 0.3) is 0 Å². The van der Waals surface area contributed by atoms with Crippen molar-refractivity contribution in [3.63, 3.8) is 0 Å². The maximum atomic E-state index is 11.0. The van der Waals surface area contributed by atoms with Crippen molar-refractivity contribution in [1.82, 2.24) is 4.98 Å². The van der Waals surface area contributed by atoms with E-state index in [2.05, 4.69) is 26.2 Å². The summed E-state index contributed by atoms with van der Waals surface area (Å²) in [7, 11) is -2.98. The quantitative estimate of drug-likeness (QED) is 0.477. The number of nitrogens with one attached hydrogen (secondary N) is 1. The standard InChI is InChI=1S/C10H14BrN3O4S/c1-7-8(14(15)16)6-13-10(9(7)11)12-4-3-5-19(2,17)18/h6H,3-5H2,1-2H3,(H,12,13). The van der Waals surface area contributed by atoms with Crippen LogP contribution in [0.15, 0.2) is 10.7 Å². The van der Waals surface area contributed by atoms with E-state index in [1.165, 1.54) is 12.5 Å². The van der Waals surface area contributed by atoms with Crippen LogP contribution in [0, 0.1) is 17.0 Å². The second kappa shape index (κ2) is 6.29. The highest BCUT2D eigenvalue weighted by atomic mass is 79.9. The fourth-order valence-corrected chi connectivity index (χ4v) is 2.53. The minimum Gasteiger partial charge on any atom is -0.369 e. The first-order valence-corrected chi connectivity index (χ1v) is 8.29. The molecule has 19 heavy (non-hydrogen) atoms. The maximum Gasteiger partial charge on any atom is 0.291 e. The van der Waals surface area contributed by atoms with E-state index in [0.29, 0.717) is 28.8 Å². The van der Waals surface area contributed by atoms with Crippen LogP contribution in [0.5, 0.6) is 0 Å². The predicted octanol–water partition coefficient (Wildman–Crippen LogP) is 1.91. The molecule has 0 bridgehead atoms. The molecule has 7 nitrogen and oxygen atoms in total. The van der Waals surface area contributed by atoms with Crippen molar-refractivity contribution in [2.45, 2.75) is 13.3 Å². The van der Waals surface area contributed by atoms with E-state index in [-0.39, 0.29) is 11.4 Å². The number of pyridine rings is 1. The van der Waals surface area contributed by atoms with Crippen molar-refractivity contribution in [2.75, 3.05) is 23.9 Å². The number of sulfone groups is 1. The fourth-order valence-electron chi connectivity index (χ4n) is 1.42. The van der Waals surface area contributed by atoms with Crippen molar-refractivity contribution in [1.29, 1.82) is 0 Å². The molecule has 0 aromatic carbocycles. The molecular formula is C10H14BrN3O4S. The van der Waals surface area contributed by atoms with Crippen LogP contribution in [0.3, 0.4) is 0 Å². The Labute approximate surface area is 119 Å². The van der Waals surface area contributed by atoms with E-state index in [4.69, 9.17) is 0 Å². The number of hydrogen-bond donors (Lipinski definition) is 1. The molecule has 0 atom stereocenters. The van der Waals surface area contributed by atoms with Gasteiger partial charge in [0.25, 0.3) is 5.69 Å². The molecule has 1 N–H and O–H groups in total. The Morgan fingerprint density at radius 1 is 1.53 bits per heavy atom. The minimum absolute atomic E-state index is 0.0615. The number of rotatable bonds is 6. The van der Waals surface area contributed by atoms with Crippen LogP contribution in [0.2, 0.25) is 0 Å². The number of halogens is 1. The Balaban J connectivity index is 2.71. The first kappa shape index (κ1) is 15.8. The lowest BCUT2D eigenvalue weighted by molar-refractivity contribution is -0.385. The third-order valence-corrected chi connectivity index (χ3v) is 4.42. The van der Waals surface area contributed by atoms with Gasteiger partial charge in [-0.25, -0.2) is 13.4 Å². The van der Waals surface area contributed by atoms with Crippen molar-refractivity contribution in [3.05, 3.63) is 26.3 Å². The van der Waals surface area contributed by atoms with Gasteiger partial charge in [0.1, 0.15) is 21.9 Å². The molecule has 106 valence electrons. The second-order valence-electron chi connectivity index (χ2n) is 4.10. The Morgan fingerprint density at radius 3 is 2.68 bits per heavy atom. The molecule has 0 aliphatic carbocycles. The van der Waals surface area contributed by atoms with Crippen LogP contribution < -0.4 is 5.32 Å². The zero-order valence-corrected chi connectivity index (χ0v) is 12.9. The topological polar surface area (TPSA) is 102 Å². The molecule has 0 aliphatic rings. The van der Waals surface area contributed by atoms with E-state index in [0.717, 1.165) is 0 Å². The van der Waals surface area contributed by atoms with Crippen molar-refractivity contribution in [2.24, 2.45) is 0 Å². The lowest BCUT2D eigenvalue weighted by atomic mass is 10.2. The van der Waals surface area contributed by atoms with E-state index in [1.807, 2.05) is 0 Å². The Morgan fingerprint density at radius 2 is 2.16 bits per heavy atom. The van der Waals surface area contributed by atoms with Gasteiger partial charge in [0.15, 0.2) is 0 Å². The molecule has 0 amide bonds. The van der Waals surface area contributed by atoms with Crippen molar-refractivity contribution >= 4 is 37.3 Å². The summed E-state index contributed by atoms with van der Waals surface area (Å²) in [4.78, 5) is 14.2. The highest BCUT2D eigenvalue weighted by Crippen LogP contribution is 2.30. The number of nitrogens with zero attached hydrogens (tertiary/aromatic N) is 2. The molecular weight excluding hydrogens is 338 g/mol.